The minimum absolute atomic E-state index is 0.0500. The van der Waals surface area contributed by atoms with E-state index >= 15 is 0 Å². The maximum Gasteiger partial charge on any atom is 0.258 e. The van der Waals surface area contributed by atoms with Crippen LogP contribution in [0.4, 0.5) is 5.69 Å². The quantitative estimate of drug-likeness (QED) is 0.498. The van der Waals surface area contributed by atoms with Gasteiger partial charge in [-0.1, -0.05) is 37.5 Å². The van der Waals surface area contributed by atoms with E-state index in [2.05, 4.69) is 15.6 Å². The second-order valence-electron chi connectivity index (χ2n) is 8.90. The van der Waals surface area contributed by atoms with Crippen molar-refractivity contribution in [1.82, 2.24) is 15.6 Å². The zero-order valence-electron chi connectivity index (χ0n) is 20.6. The van der Waals surface area contributed by atoms with Gasteiger partial charge in [-0.3, -0.25) is 14.6 Å². The van der Waals surface area contributed by atoms with Gasteiger partial charge in [-0.2, -0.15) is 0 Å². The average Bonchev–Trinajstić information content (AvgIpc) is 2.92. The molecule has 0 bridgehead atoms. The fraction of sp³-hybridized carbons (Fsp3) is 0.345. The van der Waals surface area contributed by atoms with Gasteiger partial charge in [-0.25, -0.2) is 0 Å². The van der Waals surface area contributed by atoms with Gasteiger partial charge in [0.05, 0.1) is 6.54 Å². The number of ether oxygens (including phenoxy) is 1. The number of hydrogen-bond acceptors (Lipinski definition) is 5. The first-order chi connectivity index (χ1) is 17.7. The third kappa shape index (κ3) is 7.15. The van der Waals surface area contributed by atoms with Gasteiger partial charge in [0, 0.05) is 42.3 Å². The third-order valence-corrected chi connectivity index (χ3v) is 6.26. The number of carbonyl (C=O) groups is 2. The Morgan fingerprint density at radius 3 is 2.53 bits per heavy atom. The largest absolute Gasteiger partial charge is 0.492 e. The molecule has 0 atom stereocenters. The van der Waals surface area contributed by atoms with Crippen molar-refractivity contribution in [2.45, 2.75) is 38.6 Å². The first-order valence-electron chi connectivity index (χ1n) is 12.7. The van der Waals surface area contributed by atoms with Crippen molar-refractivity contribution in [2.75, 3.05) is 31.1 Å². The van der Waals surface area contributed by atoms with Gasteiger partial charge in [0.15, 0.2) is 0 Å². The van der Waals surface area contributed by atoms with Gasteiger partial charge < -0.3 is 20.3 Å². The molecule has 188 valence electrons. The molecule has 0 spiro atoms. The van der Waals surface area contributed by atoms with E-state index in [9.17, 15) is 9.59 Å². The molecule has 0 unspecified atom stereocenters. The van der Waals surface area contributed by atoms with Crippen LogP contribution in [0, 0.1) is 0 Å². The van der Waals surface area contributed by atoms with Crippen molar-refractivity contribution in [3.8, 4) is 5.75 Å². The second-order valence-corrected chi connectivity index (χ2v) is 8.90. The van der Waals surface area contributed by atoms with Gasteiger partial charge in [0.25, 0.3) is 11.8 Å². The number of amides is 2. The summed E-state index contributed by atoms with van der Waals surface area (Å²) in [5.41, 5.74) is 2.95. The monoisotopic (exact) mass is 486 g/mol. The predicted molar refractivity (Wildman–Crippen MR) is 141 cm³/mol. The molecule has 1 aromatic heterocycles. The van der Waals surface area contributed by atoms with E-state index < -0.39 is 0 Å². The molecule has 2 N–H and O–H groups in total. The SMILES string of the molecule is O=C(NCCOc1ccccc1)c1ccc2c(c1)CNCCCCCCCN2C(=O)c1ccncc1. The van der Waals surface area contributed by atoms with Crippen LogP contribution >= 0.6 is 0 Å². The molecule has 0 radical (unpaired) electrons. The smallest absolute Gasteiger partial charge is 0.258 e. The summed E-state index contributed by atoms with van der Waals surface area (Å²) in [6.45, 7) is 2.92. The molecule has 2 amide bonds. The van der Waals surface area contributed by atoms with Crippen LogP contribution in [0.3, 0.4) is 0 Å². The number of aromatic nitrogens is 1. The van der Waals surface area contributed by atoms with Crippen LogP contribution in [0.5, 0.6) is 5.75 Å². The lowest BCUT2D eigenvalue weighted by molar-refractivity contribution is 0.0946. The fourth-order valence-electron chi connectivity index (χ4n) is 4.34. The number of carbonyl (C=O) groups excluding carboxylic acids is 2. The molecule has 1 aliphatic heterocycles. The molecular weight excluding hydrogens is 452 g/mol. The van der Waals surface area contributed by atoms with Crippen LogP contribution in [0.25, 0.3) is 0 Å². The van der Waals surface area contributed by atoms with E-state index in [0.717, 1.165) is 42.8 Å². The van der Waals surface area contributed by atoms with Gasteiger partial charge in [-0.15, -0.1) is 0 Å². The maximum absolute atomic E-state index is 13.5. The van der Waals surface area contributed by atoms with Crippen molar-refractivity contribution in [1.29, 1.82) is 0 Å². The molecule has 1 aliphatic rings. The highest BCUT2D eigenvalue weighted by Gasteiger charge is 2.21. The Bertz CT molecular complexity index is 1120. The molecular formula is C29H34N4O3. The highest BCUT2D eigenvalue weighted by molar-refractivity contribution is 6.06. The van der Waals surface area contributed by atoms with Crippen molar-refractivity contribution in [3.05, 3.63) is 89.7 Å². The van der Waals surface area contributed by atoms with E-state index in [4.69, 9.17) is 4.74 Å². The Morgan fingerprint density at radius 2 is 1.69 bits per heavy atom. The molecule has 0 aliphatic carbocycles. The van der Waals surface area contributed by atoms with Crippen molar-refractivity contribution >= 4 is 17.5 Å². The number of hydrogen-bond donors (Lipinski definition) is 2. The standard InChI is InChI=1S/C29H34N4O3/c34-28(32-18-20-36-26-9-5-4-6-10-26)24-11-12-27-25(21-24)22-31-15-7-2-1-3-8-19-33(27)29(35)23-13-16-30-17-14-23/h4-6,9-14,16-17,21,31H,1-3,7-8,15,18-20,22H2,(H,32,34). The lowest BCUT2D eigenvalue weighted by Gasteiger charge is -2.27. The average molecular weight is 487 g/mol. The molecule has 36 heavy (non-hydrogen) atoms. The van der Waals surface area contributed by atoms with Gasteiger partial charge >= 0.3 is 0 Å². The molecule has 0 saturated carbocycles. The Morgan fingerprint density at radius 1 is 0.917 bits per heavy atom. The molecule has 3 aromatic rings. The number of para-hydroxylation sites is 1. The van der Waals surface area contributed by atoms with E-state index in [0.29, 0.717) is 37.4 Å². The highest BCUT2D eigenvalue weighted by atomic mass is 16.5. The zero-order chi connectivity index (χ0) is 25.0. The molecule has 4 rings (SSSR count). The summed E-state index contributed by atoms with van der Waals surface area (Å²) in [7, 11) is 0. The zero-order valence-corrected chi connectivity index (χ0v) is 20.6. The summed E-state index contributed by atoms with van der Waals surface area (Å²) in [5, 5.41) is 6.43. The van der Waals surface area contributed by atoms with E-state index in [1.54, 1.807) is 30.6 Å². The van der Waals surface area contributed by atoms with Crippen LogP contribution in [0.15, 0.2) is 73.1 Å². The summed E-state index contributed by atoms with van der Waals surface area (Å²) < 4.78 is 5.67. The first-order valence-corrected chi connectivity index (χ1v) is 12.7. The van der Waals surface area contributed by atoms with Crippen LogP contribution in [-0.4, -0.2) is 43.0 Å². The lowest BCUT2D eigenvalue weighted by Crippen LogP contribution is -2.34. The number of fused-ring (bicyclic) bond motifs is 1. The van der Waals surface area contributed by atoms with E-state index in [1.807, 2.05) is 47.4 Å². The molecule has 2 aromatic carbocycles. The molecule has 0 fully saturated rings. The summed E-state index contributed by atoms with van der Waals surface area (Å²) >= 11 is 0. The predicted octanol–water partition coefficient (Wildman–Crippen LogP) is 4.59. The fourth-order valence-corrected chi connectivity index (χ4v) is 4.34. The molecule has 2 heterocycles. The lowest BCUT2D eigenvalue weighted by atomic mass is 10.0. The Hall–Kier alpha value is -3.71. The van der Waals surface area contributed by atoms with Gasteiger partial charge in [0.1, 0.15) is 12.4 Å². The summed E-state index contributed by atoms with van der Waals surface area (Å²) in [6, 6.07) is 18.6. The van der Waals surface area contributed by atoms with Crippen LogP contribution < -0.4 is 20.3 Å². The summed E-state index contributed by atoms with van der Waals surface area (Å²) in [6.07, 6.45) is 8.76. The summed E-state index contributed by atoms with van der Waals surface area (Å²) in [4.78, 5) is 32.3. The number of rotatable bonds is 6. The number of anilines is 1. The minimum atomic E-state index is -0.160. The first kappa shape index (κ1) is 25.4. The molecule has 7 nitrogen and oxygen atoms in total. The topological polar surface area (TPSA) is 83.6 Å². The van der Waals surface area contributed by atoms with Crippen LogP contribution in [0.2, 0.25) is 0 Å². The Balaban J connectivity index is 1.50. The van der Waals surface area contributed by atoms with Crippen molar-refractivity contribution in [3.63, 3.8) is 0 Å². The van der Waals surface area contributed by atoms with Crippen molar-refractivity contribution in [2.24, 2.45) is 0 Å². The van der Waals surface area contributed by atoms with Crippen LogP contribution in [-0.2, 0) is 6.54 Å². The Kier molecular flexibility index (Phi) is 9.45. The molecule has 7 heteroatoms. The second kappa shape index (κ2) is 13.4. The number of nitrogens with one attached hydrogen (secondary N) is 2. The maximum atomic E-state index is 13.5. The number of nitrogens with zero attached hydrogens (tertiary/aromatic N) is 2. The number of benzene rings is 2. The Labute approximate surface area is 212 Å². The molecule has 0 saturated heterocycles. The normalized spacial score (nSPS) is 14.6. The van der Waals surface area contributed by atoms with Gasteiger partial charge in [-0.05, 0) is 67.4 Å². The van der Waals surface area contributed by atoms with E-state index in [1.165, 1.54) is 12.8 Å². The minimum Gasteiger partial charge on any atom is -0.492 e. The highest BCUT2D eigenvalue weighted by Crippen LogP contribution is 2.26. The number of pyridine rings is 1. The van der Waals surface area contributed by atoms with E-state index in [-0.39, 0.29) is 11.8 Å². The van der Waals surface area contributed by atoms with Crippen molar-refractivity contribution < 1.29 is 14.3 Å². The third-order valence-electron chi connectivity index (χ3n) is 6.26. The van der Waals surface area contributed by atoms with Crippen LogP contribution in [0.1, 0.15) is 58.4 Å². The summed E-state index contributed by atoms with van der Waals surface area (Å²) in [5.74, 6) is 0.565. The van der Waals surface area contributed by atoms with Gasteiger partial charge in [0.2, 0.25) is 0 Å².